The van der Waals surface area contributed by atoms with Gasteiger partial charge in [0.2, 0.25) is 5.91 Å². The van der Waals surface area contributed by atoms with Gasteiger partial charge in [-0.2, -0.15) is 0 Å². The molecule has 2 N–H and O–H groups in total. The first-order valence-corrected chi connectivity index (χ1v) is 6.56. The summed E-state index contributed by atoms with van der Waals surface area (Å²) in [5.74, 6) is 0.770. The number of carboxylic acids is 1. The number of aliphatic carboxylic acids is 1. The fourth-order valence-corrected chi connectivity index (χ4v) is 3.28. The van der Waals surface area contributed by atoms with Crippen LogP contribution in [0.2, 0.25) is 0 Å². The number of nitrogens with one attached hydrogen (secondary N) is 1. The zero-order valence-corrected chi connectivity index (χ0v) is 10.1. The molecule has 1 amide bonds. The molecule has 0 radical (unpaired) electrons. The lowest BCUT2D eigenvalue weighted by Gasteiger charge is -2.28. The van der Waals surface area contributed by atoms with Gasteiger partial charge >= 0.3 is 5.97 Å². The van der Waals surface area contributed by atoms with E-state index in [9.17, 15) is 14.7 Å². The van der Waals surface area contributed by atoms with Gasteiger partial charge in [0.05, 0.1) is 0 Å². The topological polar surface area (TPSA) is 66.4 Å². The van der Waals surface area contributed by atoms with Gasteiger partial charge in [-0.25, -0.2) is 4.79 Å². The smallest absolute Gasteiger partial charge is 0.329 e. The molecule has 4 nitrogen and oxygen atoms in total. The Morgan fingerprint density at radius 3 is 2.24 bits per heavy atom. The summed E-state index contributed by atoms with van der Waals surface area (Å²) in [6.45, 7) is 1.65. The molecule has 0 heterocycles. The number of fused-ring (bicyclic) bond motifs is 1. The second-order valence-corrected chi connectivity index (χ2v) is 6.20. The van der Waals surface area contributed by atoms with Crippen LogP contribution in [0.25, 0.3) is 0 Å². The Labute approximate surface area is 101 Å². The van der Waals surface area contributed by atoms with Crippen molar-refractivity contribution in [3.8, 4) is 0 Å². The lowest BCUT2D eigenvalue weighted by molar-refractivity contribution is -0.148. The zero-order valence-electron chi connectivity index (χ0n) is 10.1. The van der Waals surface area contributed by atoms with Crippen molar-refractivity contribution in [3.63, 3.8) is 0 Å². The molecule has 3 atom stereocenters. The van der Waals surface area contributed by atoms with Crippen LogP contribution in [0.1, 0.15) is 39.0 Å². The van der Waals surface area contributed by atoms with E-state index in [2.05, 4.69) is 5.32 Å². The van der Waals surface area contributed by atoms with Crippen molar-refractivity contribution < 1.29 is 14.7 Å². The fourth-order valence-electron chi connectivity index (χ4n) is 3.28. The Hall–Kier alpha value is -1.06. The van der Waals surface area contributed by atoms with Crippen LogP contribution in [0, 0.1) is 23.7 Å². The van der Waals surface area contributed by atoms with Crippen LogP contribution in [-0.2, 0) is 9.59 Å². The summed E-state index contributed by atoms with van der Waals surface area (Å²) in [6.07, 6.45) is 5.05. The number of rotatable bonds is 4. The largest absolute Gasteiger partial charge is 0.480 e. The van der Waals surface area contributed by atoms with E-state index in [1.54, 1.807) is 6.92 Å². The molecule has 4 heteroatoms. The third-order valence-corrected chi connectivity index (χ3v) is 4.84. The van der Waals surface area contributed by atoms with Gasteiger partial charge in [-0.1, -0.05) is 0 Å². The van der Waals surface area contributed by atoms with Gasteiger partial charge < -0.3 is 10.4 Å². The van der Waals surface area contributed by atoms with Crippen LogP contribution in [0.5, 0.6) is 0 Å². The van der Waals surface area contributed by atoms with Crippen LogP contribution in [0.15, 0.2) is 0 Å². The van der Waals surface area contributed by atoms with Gasteiger partial charge in [-0.3, -0.25) is 4.79 Å². The Morgan fingerprint density at radius 2 is 1.76 bits per heavy atom. The molecule has 3 unspecified atom stereocenters. The van der Waals surface area contributed by atoms with Gasteiger partial charge in [0.1, 0.15) is 5.54 Å². The van der Waals surface area contributed by atoms with Gasteiger partial charge in [0, 0.05) is 5.92 Å². The highest BCUT2D eigenvalue weighted by molar-refractivity contribution is 5.88. The van der Waals surface area contributed by atoms with Crippen molar-refractivity contribution in [2.45, 2.75) is 44.6 Å². The molecule has 0 aromatic heterocycles. The Bertz CT molecular complexity index is 367. The van der Waals surface area contributed by atoms with Crippen LogP contribution < -0.4 is 5.32 Å². The van der Waals surface area contributed by atoms with E-state index in [1.807, 2.05) is 0 Å². The average molecular weight is 237 g/mol. The molecule has 0 aromatic carbocycles. The van der Waals surface area contributed by atoms with Crippen LogP contribution in [0.3, 0.4) is 0 Å². The van der Waals surface area contributed by atoms with Gasteiger partial charge in [-0.05, 0) is 56.8 Å². The van der Waals surface area contributed by atoms with Crippen molar-refractivity contribution in [1.82, 2.24) is 5.32 Å². The zero-order chi connectivity index (χ0) is 12.2. The molecule has 3 rings (SSSR count). The maximum Gasteiger partial charge on any atom is 0.329 e. The van der Waals surface area contributed by atoms with E-state index in [0.29, 0.717) is 0 Å². The van der Waals surface area contributed by atoms with Crippen LogP contribution in [-0.4, -0.2) is 22.5 Å². The van der Waals surface area contributed by atoms with Crippen molar-refractivity contribution in [3.05, 3.63) is 0 Å². The van der Waals surface area contributed by atoms with Gasteiger partial charge in [-0.15, -0.1) is 0 Å². The number of hydrogen-bond donors (Lipinski definition) is 2. The predicted octanol–water partition coefficient (Wildman–Crippen LogP) is 1.40. The summed E-state index contributed by atoms with van der Waals surface area (Å²) < 4.78 is 0. The summed E-state index contributed by atoms with van der Waals surface area (Å²) in [5, 5.41) is 12.1. The minimum absolute atomic E-state index is 0.0333. The molecule has 3 saturated carbocycles. The molecular weight excluding hydrogens is 218 g/mol. The molecule has 0 spiro atoms. The molecular formula is C13H19NO3. The Kier molecular flexibility index (Phi) is 2.25. The lowest BCUT2D eigenvalue weighted by Crippen LogP contribution is -2.55. The van der Waals surface area contributed by atoms with Crippen molar-refractivity contribution in [2.24, 2.45) is 23.7 Å². The average Bonchev–Trinajstić information content (AvgIpc) is 3.17. The number of carbonyl (C=O) groups is 2. The predicted molar refractivity (Wildman–Crippen MR) is 61.2 cm³/mol. The number of carbonyl (C=O) groups excluding carboxylic acids is 1. The highest BCUT2D eigenvalue weighted by Crippen LogP contribution is 2.54. The van der Waals surface area contributed by atoms with E-state index in [0.717, 1.165) is 37.5 Å². The van der Waals surface area contributed by atoms with Crippen molar-refractivity contribution in [2.75, 3.05) is 0 Å². The molecule has 3 fully saturated rings. The summed E-state index contributed by atoms with van der Waals surface area (Å²) in [5.41, 5.74) is -1.04. The molecule has 0 aliphatic heterocycles. The molecule has 0 saturated heterocycles. The molecule has 0 bridgehead atoms. The second kappa shape index (κ2) is 3.47. The molecule has 94 valence electrons. The van der Waals surface area contributed by atoms with Gasteiger partial charge in [0.25, 0.3) is 0 Å². The number of amides is 1. The monoisotopic (exact) mass is 237 g/mol. The SMILES string of the molecule is CC(NC(=O)C1CC2CC2C1)(C(=O)O)C1CC1. The Balaban J connectivity index is 1.64. The summed E-state index contributed by atoms with van der Waals surface area (Å²) in [4.78, 5) is 23.4. The molecule has 3 aliphatic carbocycles. The Morgan fingerprint density at radius 1 is 1.18 bits per heavy atom. The molecule has 17 heavy (non-hydrogen) atoms. The third-order valence-electron chi connectivity index (χ3n) is 4.84. The van der Waals surface area contributed by atoms with Crippen LogP contribution in [0.4, 0.5) is 0 Å². The standard InChI is InChI=1S/C13H19NO3/c1-13(12(16)17,10-2-3-10)14-11(15)9-5-7-4-8(7)6-9/h7-10H,2-6H2,1H3,(H,14,15)(H,16,17). The van der Waals surface area contributed by atoms with Crippen molar-refractivity contribution in [1.29, 1.82) is 0 Å². The third kappa shape index (κ3) is 1.83. The maximum atomic E-state index is 12.1. The first kappa shape index (κ1) is 11.1. The maximum absolute atomic E-state index is 12.1. The second-order valence-electron chi connectivity index (χ2n) is 6.20. The highest BCUT2D eigenvalue weighted by atomic mass is 16.4. The molecule has 0 aromatic rings. The highest BCUT2D eigenvalue weighted by Gasteiger charge is 2.52. The number of carboxylic acid groups (broad SMARTS) is 1. The summed E-state index contributed by atoms with van der Waals surface area (Å²) >= 11 is 0. The van der Waals surface area contributed by atoms with E-state index >= 15 is 0 Å². The number of hydrogen-bond acceptors (Lipinski definition) is 2. The summed E-state index contributed by atoms with van der Waals surface area (Å²) in [6, 6.07) is 0. The van der Waals surface area contributed by atoms with E-state index in [4.69, 9.17) is 0 Å². The minimum Gasteiger partial charge on any atom is -0.480 e. The van der Waals surface area contributed by atoms with Crippen LogP contribution >= 0.6 is 0 Å². The normalized spacial score (nSPS) is 38.1. The summed E-state index contributed by atoms with van der Waals surface area (Å²) in [7, 11) is 0. The fraction of sp³-hybridized carbons (Fsp3) is 0.846. The molecule has 3 aliphatic rings. The quantitative estimate of drug-likeness (QED) is 0.776. The van der Waals surface area contributed by atoms with E-state index in [1.165, 1.54) is 6.42 Å². The van der Waals surface area contributed by atoms with E-state index < -0.39 is 11.5 Å². The first-order valence-electron chi connectivity index (χ1n) is 6.56. The van der Waals surface area contributed by atoms with Gasteiger partial charge in [0.15, 0.2) is 0 Å². The first-order chi connectivity index (χ1) is 8.00. The minimum atomic E-state index is -1.04. The van der Waals surface area contributed by atoms with Crippen molar-refractivity contribution >= 4 is 11.9 Å². The lowest BCUT2D eigenvalue weighted by atomic mass is 9.93. The van der Waals surface area contributed by atoms with E-state index in [-0.39, 0.29) is 17.7 Å².